The Morgan fingerprint density at radius 2 is 2.10 bits per heavy atom. The number of ether oxygens (including phenoxy) is 2. The van der Waals surface area contributed by atoms with E-state index < -0.39 is 5.97 Å². The normalized spacial score (nSPS) is 14.3. The first-order chi connectivity index (χ1) is 14.7. The lowest BCUT2D eigenvalue weighted by atomic mass is 10.0. The minimum atomic E-state index is -0.430. The summed E-state index contributed by atoms with van der Waals surface area (Å²) in [4.78, 5) is 16.9. The average Bonchev–Trinajstić information content (AvgIpc) is 3.36. The summed E-state index contributed by atoms with van der Waals surface area (Å²) >= 11 is 0. The summed E-state index contributed by atoms with van der Waals surface area (Å²) in [6.07, 6.45) is 10.5. The van der Waals surface area contributed by atoms with Crippen LogP contribution in [0, 0.1) is 0 Å². The van der Waals surface area contributed by atoms with E-state index in [1.807, 2.05) is 27.4 Å². The van der Waals surface area contributed by atoms with Crippen LogP contribution in [-0.2, 0) is 11.2 Å². The van der Waals surface area contributed by atoms with Gasteiger partial charge in [-0.25, -0.2) is 14.5 Å². The van der Waals surface area contributed by atoms with E-state index in [-0.39, 0.29) is 0 Å². The number of aromatic nitrogens is 5. The van der Waals surface area contributed by atoms with Crippen LogP contribution in [0.25, 0.3) is 16.9 Å². The molecule has 8 heteroatoms. The Bertz CT molecular complexity index is 1200. The van der Waals surface area contributed by atoms with Crippen LogP contribution in [0.5, 0.6) is 5.75 Å². The third-order valence-electron chi connectivity index (χ3n) is 5.37. The Morgan fingerprint density at radius 3 is 2.87 bits per heavy atom. The summed E-state index contributed by atoms with van der Waals surface area (Å²) in [6.45, 7) is 2.08. The van der Waals surface area contributed by atoms with Crippen LogP contribution >= 0.6 is 0 Å². The Kier molecular flexibility index (Phi) is 4.46. The highest BCUT2D eigenvalue weighted by Crippen LogP contribution is 2.34. The number of esters is 1. The topological polar surface area (TPSA) is 84.1 Å². The average molecular weight is 403 g/mol. The van der Waals surface area contributed by atoms with Crippen molar-refractivity contribution in [3.8, 4) is 17.1 Å². The van der Waals surface area contributed by atoms with Crippen LogP contribution in [0.15, 0.2) is 42.8 Å². The monoisotopic (exact) mass is 403 g/mol. The van der Waals surface area contributed by atoms with E-state index in [1.54, 1.807) is 20.4 Å². The molecule has 0 amide bonds. The van der Waals surface area contributed by atoms with Gasteiger partial charge in [-0.15, -0.1) is 5.10 Å². The third kappa shape index (κ3) is 2.83. The largest absolute Gasteiger partial charge is 0.497 e. The van der Waals surface area contributed by atoms with Gasteiger partial charge in [-0.05, 0) is 37.5 Å². The van der Waals surface area contributed by atoms with Crippen LogP contribution in [0.3, 0.4) is 0 Å². The molecule has 0 fully saturated rings. The molecule has 0 unspecified atom stereocenters. The number of carbonyl (C=O) groups excluding carboxylic acids is 1. The van der Waals surface area contributed by atoms with Crippen LogP contribution in [0.4, 0.5) is 0 Å². The number of methoxy groups -OCH3 is 1. The summed E-state index contributed by atoms with van der Waals surface area (Å²) in [5, 5.41) is 8.96. The van der Waals surface area contributed by atoms with Crippen molar-refractivity contribution in [1.29, 1.82) is 0 Å². The van der Waals surface area contributed by atoms with E-state index in [2.05, 4.69) is 33.5 Å². The standard InChI is InChI=1S/C22H21N5O3/c1-3-30-22(28)21-18-12-19-20(14-7-5-4-6-8-14)24-25-27(19)17-11-15(29-2)9-10-16(17)26(18)13-23-21/h5,7-11,13H,3-4,6,12H2,1-2H3. The number of hydrogen-bond acceptors (Lipinski definition) is 6. The minimum Gasteiger partial charge on any atom is -0.497 e. The highest BCUT2D eigenvalue weighted by Gasteiger charge is 2.29. The van der Waals surface area contributed by atoms with Gasteiger partial charge in [-0.3, -0.25) is 4.57 Å². The molecule has 3 heterocycles. The molecular formula is C22H21N5O3. The highest BCUT2D eigenvalue weighted by atomic mass is 16.5. The third-order valence-corrected chi connectivity index (χ3v) is 5.37. The Morgan fingerprint density at radius 1 is 1.20 bits per heavy atom. The number of fused-ring (bicyclic) bond motifs is 5. The maximum absolute atomic E-state index is 12.6. The van der Waals surface area contributed by atoms with Gasteiger partial charge in [0.05, 0.1) is 36.5 Å². The van der Waals surface area contributed by atoms with E-state index in [4.69, 9.17) is 9.47 Å². The first-order valence-corrected chi connectivity index (χ1v) is 9.95. The lowest BCUT2D eigenvalue weighted by Gasteiger charge is -2.11. The van der Waals surface area contributed by atoms with E-state index in [1.165, 1.54) is 0 Å². The second kappa shape index (κ2) is 7.29. The smallest absolute Gasteiger partial charge is 0.358 e. The summed E-state index contributed by atoms with van der Waals surface area (Å²) in [5.74, 6) is 0.281. The quantitative estimate of drug-likeness (QED) is 0.486. The number of rotatable bonds is 4. The highest BCUT2D eigenvalue weighted by molar-refractivity contribution is 5.89. The molecule has 0 saturated heterocycles. The fraction of sp³-hybridized carbons (Fsp3) is 0.273. The van der Waals surface area contributed by atoms with Crippen LogP contribution < -0.4 is 4.74 Å². The van der Waals surface area contributed by atoms with Gasteiger partial charge in [0.25, 0.3) is 0 Å². The van der Waals surface area contributed by atoms with E-state index >= 15 is 0 Å². The van der Waals surface area contributed by atoms with Crippen molar-refractivity contribution in [3.05, 3.63) is 65.5 Å². The van der Waals surface area contributed by atoms with Crippen LogP contribution in [-0.4, -0.2) is 44.2 Å². The summed E-state index contributed by atoms with van der Waals surface area (Å²) in [5.41, 5.74) is 5.47. The predicted octanol–water partition coefficient (Wildman–Crippen LogP) is 3.28. The zero-order valence-electron chi connectivity index (χ0n) is 16.8. The molecule has 5 rings (SSSR count). The minimum absolute atomic E-state index is 0.293. The lowest BCUT2D eigenvalue weighted by Crippen LogP contribution is -2.11. The molecule has 30 heavy (non-hydrogen) atoms. The maximum Gasteiger partial charge on any atom is 0.358 e. The molecule has 0 N–H and O–H groups in total. The van der Waals surface area contributed by atoms with E-state index in [9.17, 15) is 4.79 Å². The number of carbonyl (C=O) groups is 1. The molecule has 1 aliphatic carbocycles. The van der Waals surface area contributed by atoms with Gasteiger partial charge < -0.3 is 9.47 Å². The maximum atomic E-state index is 12.6. The van der Waals surface area contributed by atoms with Crippen molar-refractivity contribution in [2.45, 2.75) is 26.2 Å². The van der Waals surface area contributed by atoms with Gasteiger partial charge in [0.1, 0.15) is 17.8 Å². The van der Waals surface area contributed by atoms with Crippen molar-refractivity contribution in [1.82, 2.24) is 24.5 Å². The predicted molar refractivity (Wildman–Crippen MR) is 110 cm³/mol. The van der Waals surface area contributed by atoms with Gasteiger partial charge in [-0.1, -0.05) is 23.4 Å². The Balaban J connectivity index is 1.75. The summed E-state index contributed by atoms with van der Waals surface area (Å²) < 4.78 is 14.4. The first kappa shape index (κ1) is 18.4. The van der Waals surface area contributed by atoms with Gasteiger partial charge in [0.2, 0.25) is 0 Å². The van der Waals surface area contributed by atoms with E-state index in [0.717, 1.165) is 46.9 Å². The van der Waals surface area contributed by atoms with Gasteiger partial charge >= 0.3 is 5.97 Å². The molecule has 8 nitrogen and oxygen atoms in total. The van der Waals surface area contributed by atoms with Gasteiger partial charge in [0, 0.05) is 12.5 Å². The SMILES string of the molecule is CCOC(=O)c1ncn2c1Cc1c(C3=CCCC=C3)nnn1-c1cc(OC)ccc1-2. The van der Waals surface area contributed by atoms with Crippen molar-refractivity contribution < 1.29 is 14.3 Å². The van der Waals surface area contributed by atoms with Gasteiger partial charge in [-0.2, -0.15) is 0 Å². The second-order valence-electron chi connectivity index (χ2n) is 7.10. The second-order valence-corrected chi connectivity index (χ2v) is 7.10. The number of imidazole rings is 1. The zero-order chi connectivity index (χ0) is 20.7. The Hall–Kier alpha value is -3.68. The fourth-order valence-corrected chi connectivity index (χ4v) is 3.95. The number of hydrogen-bond donors (Lipinski definition) is 0. The van der Waals surface area contributed by atoms with Crippen LogP contribution in [0.2, 0.25) is 0 Å². The molecular weight excluding hydrogens is 382 g/mol. The number of allylic oxidation sites excluding steroid dienone is 4. The summed E-state index contributed by atoms with van der Waals surface area (Å²) in [6, 6.07) is 5.73. The molecule has 0 radical (unpaired) electrons. The van der Waals surface area contributed by atoms with Crippen molar-refractivity contribution in [2.24, 2.45) is 0 Å². The zero-order valence-corrected chi connectivity index (χ0v) is 16.8. The van der Waals surface area contributed by atoms with Crippen molar-refractivity contribution in [3.63, 3.8) is 0 Å². The van der Waals surface area contributed by atoms with Gasteiger partial charge in [0.15, 0.2) is 5.69 Å². The first-order valence-electron chi connectivity index (χ1n) is 9.95. The van der Waals surface area contributed by atoms with Crippen molar-refractivity contribution >= 4 is 11.5 Å². The molecule has 0 saturated carbocycles. The summed E-state index contributed by atoms with van der Waals surface area (Å²) in [7, 11) is 1.63. The molecule has 0 bridgehead atoms. The molecule has 2 aromatic heterocycles. The molecule has 2 aliphatic rings. The number of nitrogens with zero attached hydrogens (tertiary/aromatic N) is 5. The molecule has 1 aromatic carbocycles. The Labute approximate surface area is 173 Å². The molecule has 0 atom stereocenters. The fourth-order valence-electron chi connectivity index (χ4n) is 3.95. The molecule has 152 valence electrons. The van der Waals surface area contributed by atoms with E-state index in [0.29, 0.717) is 24.5 Å². The van der Waals surface area contributed by atoms with Crippen molar-refractivity contribution in [2.75, 3.05) is 13.7 Å². The number of benzene rings is 1. The van der Waals surface area contributed by atoms with Crippen LogP contribution in [0.1, 0.15) is 47.3 Å². The molecule has 0 spiro atoms. The lowest BCUT2D eigenvalue weighted by molar-refractivity contribution is 0.0519. The molecule has 3 aromatic rings. The molecule has 1 aliphatic heterocycles.